The van der Waals surface area contributed by atoms with Gasteiger partial charge in [-0.15, -0.1) is 0 Å². The summed E-state index contributed by atoms with van der Waals surface area (Å²) in [6.45, 7) is 0.319. The summed E-state index contributed by atoms with van der Waals surface area (Å²) in [7, 11) is -5.17. The maximum atomic E-state index is 9.69. The number of hydrogen-bond donors (Lipinski definition) is 3. The first-order valence-corrected chi connectivity index (χ1v) is 8.37. The van der Waals surface area contributed by atoms with Crippen LogP contribution in [0.2, 0.25) is 0 Å². The van der Waals surface area contributed by atoms with Crippen LogP contribution >= 0.6 is 0 Å². The van der Waals surface area contributed by atoms with E-state index in [2.05, 4.69) is 9.22 Å². The monoisotopic (exact) mass is 490 g/mol. The van der Waals surface area contributed by atoms with E-state index >= 15 is 0 Å². The number of carbonyl (C=O) groups excluding carboxylic acids is 1. The van der Waals surface area contributed by atoms with Crippen LogP contribution in [-0.4, -0.2) is 126 Å². The largest absolute Gasteiger partial charge is 2.00 e. The maximum absolute atomic E-state index is 9.69. The molecule has 14 nitrogen and oxygen atoms in total. The fraction of sp³-hybridized carbons (Fsp3) is 0. The molecule has 118 valence electrons. The minimum Gasteiger partial charge on any atom is -1.00 e. The van der Waals surface area contributed by atoms with Gasteiger partial charge in [0.15, 0.2) is 0 Å². The minimum absolute atomic E-state index is 0. The van der Waals surface area contributed by atoms with Crippen molar-refractivity contribution in [2.45, 2.75) is 0 Å². The van der Waals surface area contributed by atoms with E-state index in [9.17, 15) is 4.21 Å². The van der Waals surface area contributed by atoms with Crippen molar-refractivity contribution >= 4 is 98.9 Å². The molecular formula is C2H6Ca2Na4O14S2. The van der Waals surface area contributed by atoms with E-state index in [-0.39, 0.29) is 203 Å². The Balaban J connectivity index is -0.0000000108. The number of rotatable bonds is 2. The molecule has 0 rings (SSSR count). The van der Waals surface area contributed by atoms with Crippen molar-refractivity contribution in [3.63, 3.8) is 0 Å². The number of hydrogen-bond acceptors (Lipinski definition) is 12. The molecule has 0 aromatic rings. The summed E-state index contributed by atoms with van der Waals surface area (Å²) in [5.41, 5.74) is 0. The van der Waals surface area contributed by atoms with E-state index in [1.54, 1.807) is 0 Å². The van der Waals surface area contributed by atoms with E-state index in [0.29, 0.717) is 6.47 Å². The molecule has 4 N–H and O–H groups in total. The van der Waals surface area contributed by atoms with Crippen molar-refractivity contribution in [1.82, 2.24) is 0 Å². The van der Waals surface area contributed by atoms with Gasteiger partial charge in [0.25, 0.3) is 6.47 Å². The van der Waals surface area contributed by atoms with Crippen LogP contribution in [0.5, 0.6) is 0 Å². The zero-order valence-corrected chi connectivity index (χ0v) is 27.2. The number of aliphatic hydroxyl groups excluding tert-OH is 1. The molecule has 0 bridgehead atoms. The van der Waals surface area contributed by atoms with Crippen LogP contribution in [0.25, 0.3) is 0 Å². The second-order valence-electron chi connectivity index (χ2n) is 1.35. The van der Waals surface area contributed by atoms with Gasteiger partial charge in [0.1, 0.15) is 0 Å². The third-order valence-corrected chi connectivity index (χ3v) is 0.882. The average molecular weight is 490 g/mol. The Labute approximate surface area is 278 Å². The molecule has 0 saturated carbocycles. The molecule has 0 amide bonds. The van der Waals surface area contributed by atoms with Crippen molar-refractivity contribution in [3.05, 3.63) is 0 Å². The van der Waals surface area contributed by atoms with Crippen LogP contribution in [-0.2, 0) is 33.7 Å². The van der Waals surface area contributed by atoms with E-state index in [1.807, 2.05) is 0 Å². The average Bonchev–Trinajstić information content (AvgIpc) is 2.16. The van der Waals surface area contributed by atoms with Crippen molar-refractivity contribution in [2.75, 3.05) is 0 Å². The first-order chi connectivity index (χ1) is 7.89. The normalized spacial score (nSPS) is 8.79. The first-order valence-electron chi connectivity index (χ1n) is 2.72. The first kappa shape index (κ1) is 63.0. The summed E-state index contributed by atoms with van der Waals surface area (Å²) in [6.07, 6.45) is 0. The molecule has 0 aliphatic rings. The summed E-state index contributed by atoms with van der Waals surface area (Å²) in [4.78, 5) is 19.5. The van der Waals surface area contributed by atoms with Gasteiger partial charge >= 0.3 is 212 Å². The molecule has 0 aliphatic carbocycles. The van der Waals surface area contributed by atoms with Crippen LogP contribution in [0.3, 0.4) is 0 Å². The fourth-order valence-electron chi connectivity index (χ4n) is 0. The molecule has 0 aromatic heterocycles. The second kappa shape index (κ2) is 46.5. The van der Waals surface area contributed by atoms with E-state index in [4.69, 9.17) is 47.3 Å². The van der Waals surface area contributed by atoms with Gasteiger partial charge in [-0.25, -0.2) is 0 Å². The molecule has 0 heterocycles. The van der Waals surface area contributed by atoms with Gasteiger partial charge in [-0.1, -0.05) is 6.47 Å². The SMILES string of the molecule is O=CO[O-].O=S(=O)([O-])[O-].O=[C-]O.O=[S](O)(=[Ca])OO.[Ca+2].[H-].[Na+].[Na+].[Na+].[Na+].[OH-]. The Morgan fingerprint density at radius 2 is 1.21 bits per heavy atom. The predicted octanol–water partition coefficient (Wildman–Crippen LogP) is -16.5. The van der Waals surface area contributed by atoms with Gasteiger partial charge in [-0.05, 0) is 0 Å². The zero-order chi connectivity index (χ0) is 15.8. The van der Waals surface area contributed by atoms with Gasteiger partial charge in [-0.2, -0.15) is 0 Å². The summed E-state index contributed by atoms with van der Waals surface area (Å²) in [5.74, 6) is 0. The molecule has 1 atom stereocenters. The van der Waals surface area contributed by atoms with Gasteiger partial charge < -0.3 is 36.1 Å². The smallest absolute Gasteiger partial charge is 1.00 e. The van der Waals surface area contributed by atoms with Crippen molar-refractivity contribution in [1.29, 1.82) is 0 Å². The Hall–Kier alpha value is 5.28. The standard InChI is InChI=1S/CH2O3.CHO2.2Ca.4Na.2H2O4S.H2O.H/c2-1-4-3;2-1-3;;;;;;;1-5(2,3)4;1-4-5(2)3;;/h1,3H;(H,2,3);;;;;;;(H2,1,2,3,4);1H,(H,2,3);1H2;/q;-1;;+2;4*+1;;;;-1/p-4. The molecule has 0 aromatic carbocycles. The molecule has 0 saturated heterocycles. The van der Waals surface area contributed by atoms with E-state index in [1.165, 1.54) is 0 Å². The van der Waals surface area contributed by atoms with Gasteiger partial charge in [-0.3, -0.25) is 13.2 Å². The summed E-state index contributed by atoms with van der Waals surface area (Å²) in [6, 6.07) is 0. The second-order valence-corrected chi connectivity index (χ2v) is 6.90. The van der Waals surface area contributed by atoms with Gasteiger partial charge in [0.2, 0.25) is 0 Å². The molecule has 0 fully saturated rings. The third kappa shape index (κ3) is 219. The Morgan fingerprint density at radius 1 is 1.12 bits per heavy atom. The van der Waals surface area contributed by atoms with Crippen LogP contribution in [0.15, 0.2) is 0 Å². The Morgan fingerprint density at radius 3 is 1.21 bits per heavy atom. The van der Waals surface area contributed by atoms with Crippen LogP contribution in [0.4, 0.5) is 0 Å². The quantitative estimate of drug-likeness (QED) is 0.0617. The summed E-state index contributed by atoms with van der Waals surface area (Å²) in [5, 5.41) is 22.6. The fourth-order valence-corrected chi connectivity index (χ4v) is 0. The van der Waals surface area contributed by atoms with Crippen LogP contribution < -0.4 is 123 Å². The van der Waals surface area contributed by atoms with Crippen LogP contribution in [0, 0.1) is 0 Å². The third-order valence-electron chi connectivity index (χ3n) is 0.156. The Kier molecular flexibility index (Phi) is 122. The van der Waals surface area contributed by atoms with Crippen molar-refractivity contribution in [3.8, 4) is 0 Å². The minimum atomic E-state index is -5.17. The van der Waals surface area contributed by atoms with Crippen molar-refractivity contribution in [2.24, 2.45) is 0 Å². The molecule has 24 heavy (non-hydrogen) atoms. The molecule has 0 aliphatic heterocycles. The predicted molar refractivity (Wildman–Crippen MR) is 55.0 cm³/mol. The zero-order valence-electron chi connectivity index (χ0n) is 14.2. The van der Waals surface area contributed by atoms with Crippen molar-refractivity contribution < 1.29 is 186 Å². The summed E-state index contributed by atoms with van der Waals surface area (Å²) < 4.78 is 51.6. The molecular weight excluding hydrogens is 484 g/mol. The maximum Gasteiger partial charge on any atom is 2.00 e. The van der Waals surface area contributed by atoms with E-state index in [0.717, 1.165) is 0 Å². The van der Waals surface area contributed by atoms with Crippen LogP contribution in [0.1, 0.15) is 1.43 Å². The molecule has 1 unspecified atom stereocenters. The molecule has 22 heteroatoms. The van der Waals surface area contributed by atoms with Gasteiger partial charge in [0, 0.05) is 10.4 Å². The van der Waals surface area contributed by atoms with E-state index < -0.39 is 14.9 Å². The van der Waals surface area contributed by atoms with Gasteiger partial charge in [0.05, 0.1) is 0 Å². The molecule has 0 radical (unpaired) electrons. The molecule has 0 spiro atoms. The Bertz CT molecular complexity index is 384. The summed E-state index contributed by atoms with van der Waals surface area (Å²) >= 11 is 0.0312. The topological polar surface area (TPSA) is 264 Å². The number of carbonyl (C=O) groups is 1.